The molecule has 2 aliphatic carbocycles. The fraction of sp³-hybridized carbons (Fsp3) is 0.553. The number of aromatic nitrogens is 1. The Morgan fingerprint density at radius 1 is 1.04 bits per heavy atom. The molecule has 7 rings (SSSR count). The number of allylic oxidation sites excluding steroid dienone is 1. The monoisotopic (exact) mass is 959 g/mol. The first kappa shape index (κ1) is 49.3. The number of amides is 4. The van der Waals surface area contributed by atoms with Gasteiger partial charge in [-0.2, -0.15) is 13.2 Å². The van der Waals surface area contributed by atoms with Crippen LogP contribution in [-0.4, -0.2) is 113 Å². The summed E-state index contributed by atoms with van der Waals surface area (Å²) in [6, 6.07) is 7.47. The predicted octanol–water partition coefficient (Wildman–Crippen LogP) is 7.37. The SMILES string of the molecule is COc1ccc2c(O[C@@H]3C[C@H]4C(=O)N[C@]5(C(=O)NS(=O)(=O)C6CC6)C[C@H]5/C=C\CC[C@@H](C)C[C@@H](C)[C@H](N(C(=O)O)C(C)(C)C(F)(F)F)C(=O)N4C3)nc(-c3ccc(OC(C)C)c(F)c3)cc2c1. The number of alkyl halides is 3. The highest BCUT2D eigenvalue weighted by Crippen LogP contribution is 2.47. The van der Waals surface area contributed by atoms with Gasteiger partial charge in [-0.15, -0.1) is 0 Å². The van der Waals surface area contributed by atoms with Crippen molar-refractivity contribution in [3.63, 3.8) is 0 Å². The van der Waals surface area contributed by atoms with Crippen LogP contribution in [0.25, 0.3) is 22.0 Å². The third-order valence-electron chi connectivity index (χ3n) is 13.2. The van der Waals surface area contributed by atoms with Gasteiger partial charge in [-0.1, -0.05) is 26.0 Å². The maximum atomic E-state index is 15.4. The lowest BCUT2D eigenvalue weighted by Gasteiger charge is -2.45. The van der Waals surface area contributed by atoms with Gasteiger partial charge >= 0.3 is 12.3 Å². The smallest absolute Gasteiger partial charge is 0.411 e. The van der Waals surface area contributed by atoms with Gasteiger partial charge in [-0.05, 0) is 126 Å². The van der Waals surface area contributed by atoms with Crippen LogP contribution in [0.3, 0.4) is 0 Å². The van der Waals surface area contributed by atoms with Crippen molar-refractivity contribution in [2.24, 2.45) is 17.8 Å². The molecule has 15 nitrogen and oxygen atoms in total. The third kappa shape index (κ3) is 10.1. The summed E-state index contributed by atoms with van der Waals surface area (Å²) >= 11 is 0. The van der Waals surface area contributed by atoms with E-state index in [0.29, 0.717) is 61.6 Å². The van der Waals surface area contributed by atoms with Gasteiger partial charge in [-0.3, -0.25) is 24.0 Å². The van der Waals surface area contributed by atoms with Crippen molar-refractivity contribution in [3.05, 3.63) is 60.4 Å². The summed E-state index contributed by atoms with van der Waals surface area (Å²) in [5.41, 5.74) is -4.26. The zero-order valence-corrected chi connectivity index (χ0v) is 39.2. The Morgan fingerprint density at radius 2 is 1.76 bits per heavy atom. The van der Waals surface area contributed by atoms with Crippen LogP contribution in [0.4, 0.5) is 22.4 Å². The van der Waals surface area contributed by atoms with Crippen molar-refractivity contribution in [1.82, 2.24) is 24.8 Å². The average molecular weight is 960 g/mol. The average Bonchev–Trinajstić information content (AvgIpc) is 4.17. The van der Waals surface area contributed by atoms with Gasteiger partial charge < -0.3 is 29.5 Å². The molecule has 0 radical (unpaired) electrons. The van der Waals surface area contributed by atoms with E-state index in [-0.39, 0.29) is 53.5 Å². The van der Waals surface area contributed by atoms with E-state index in [1.807, 2.05) is 6.92 Å². The molecule has 3 fully saturated rings. The number of nitrogens with one attached hydrogen (secondary N) is 2. The van der Waals surface area contributed by atoms with Crippen LogP contribution in [0.5, 0.6) is 17.4 Å². The Balaban J connectivity index is 1.32. The molecule has 7 atom stereocenters. The zero-order chi connectivity index (χ0) is 49.0. The van der Waals surface area contributed by atoms with Crippen LogP contribution < -0.4 is 24.2 Å². The van der Waals surface area contributed by atoms with E-state index in [1.165, 1.54) is 26.2 Å². The molecule has 1 saturated heterocycles. The van der Waals surface area contributed by atoms with Gasteiger partial charge in [0.15, 0.2) is 11.6 Å². The zero-order valence-electron chi connectivity index (χ0n) is 38.4. The second-order valence-electron chi connectivity index (χ2n) is 19.1. The summed E-state index contributed by atoms with van der Waals surface area (Å²) in [7, 11) is -2.60. The maximum Gasteiger partial charge on any atom is 0.411 e. The minimum Gasteiger partial charge on any atom is -0.497 e. The molecule has 20 heteroatoms. The number of ether oxygens (including phenoxy) is 3. The second kappa shape index (κ2) is 18.4. The van der Waals surface area contributed by atoms with Crippen LogP contribution in [0, 0.1) is 23.6 Å². The molecular formula is C47H57F4N5O10S. The van der Waals surface area contributed by atoms with Gasteiger partial charge in [0.1, 0.15) is 35.0 Å². The summed E-state index contributed by atoms with van der Waals surface area (Å²) in [6.07, 6.45) is -3.62. The van der Waals surface area contributed by atoms with Crippen molar-refractivity contribution in [3.8, 4) is 28.6 Å². The number of carbonyl (C=O) groups is 4. The number of pyridine rings is 1. The Hall–Kier alpha value is -5.66. The molecule has 364 valence electrons. The number of carbonyl (C=O) groups excluding carboxylic acids is 3. The number of nitrogens with zero attached hydrogens (tertiary/aromatic N) is 3. The summed E-state index contributed by atoms with van der Waals surface area (Å²) in [6.45, 7) is 7.74. The number of fused-ring (bicyclic) bond motifs is 3. The Labute approximate surface area is 386 Å². The first-order chi connectivity index (χ1) is 31.4. The van der Waals surface area contributed by atoms with E-state index in [0.717, 1.165) is 4.90 Å². The number of rotatable bonds is 11. The highest BCUT2D eigenvalue weighted by atomic mass is 32.2. The topological polar surface area (TPSA) is 194 Å². The van der Waals surface area contributed by atoms with E-state index in [9.17, 15) is 41.1 Å². The number of halogens is 4. The normalized spacial score (nSPS) is 26.7. The summed E-state index contributed by atoms with van der Waals surface area (Å²) in [4.78, 5) is 62.9. The molecule has 2 aliphatic heterocycles. The van der Waals surface area contributed by atoms with Crippen molar-refractivity contribution in [2.45, 2.75) is 133 Å². The minimum absolute atomic E-state index is 0.0148. The van der Waals surface area contributed by atoms with Crippen LogP contribution >= 0.6 is 0 Å². The van der Waals surface area contributed by atoms with Gasteiger partial charge in [0.2, 0.25) is 27.7 Å². The fourth-order valence-corrected chi connectivity index (χ4v) is 10.6. The first-order valence-corrected chi connectivity index (χ1v) is 24.0. The maximum absolute atomic E-state index is 15.4. The molecule has 0 bridgehead atoms. The number of methoxy groups -OCH3 is 1. The standard InChI is InChI=1S/C47H57F4N5O10S/c1-25(2)65-38-17-12-28(20-35(38)48)36-21-29-19-31(64-7)13-16-34(29)41(52-36)66-32-22-37-40(57)53-46(43(59)54-67(62,63)33-14-15-33)23-30(46)11-9-8-10-26(3)18-27(4)39(42(58)55(37)24-32)56(44(60)61)45(5,6)47(49,50)51/h9,11-13,16-17,19-21,25-27,30,32-33,37,39H,8,10,14-15,18,22-24H2,1-7H3,(H,53,57)(H,54,59)(H,60,61)/b11-9-/t26-,27-,30-,32-,37+,39+,46-/m1/s1. The number of hydrogen-bond donors (Lipinski definition) is 3. The number of benzene rings is 2. The third-order valence-corrected chi connectivity index (χ3v) is 15.0. The molecule has 2 aromatic carbocycles. The highest BCUT2D eigenvalue weighted by Gasteiger charge is 2.63. The van der Waals surface area contributed by atoms with E-state index < -0.39 is 98.7 Å². The summed E-state index contributed by atoms with van der Waals surface area (Å²) in [5, 5.41) is 13.5. The molecule has 3 heterocycles. The Kier molecular flexibility index (Phi) is 13.6. The van der Waals surface area contributed by atoms with Crippen LogP contribution in [0.2, 0.25) is 0 Å². The van der Waals surface area contributed by atoms with Crippen LogP contribution in [-0.2, 0) is 24.4 Å². The van der Waals surface area contributed by atoms with E-state index in [1.54, 1.807) is 56.3 Å². The molecule has 2 saturated carbocycles. The lowest BCUT2D eigenvalue weighted by molar-refractivity contribution is -0.222. The highest BCUT2D eigenvalue weighted by molar-refractivity contribution is 7.91. The largest absolute Gasteiger partial charge is 0.497 e. The van der Waals surface area contributed by atoms with E-state index >= 15 is 9.18 Å². The van der Waals surface area contributed by atoms with E-state index in [4.69, 9.17) is 19.2 Å². The molecule has 67 heavy (non-hydrogen) atoms. The number of hydrogen-bond acceptors (Lipinski definition) is 10. The first-order valence-electron chi connectivity index (χ1n) is 22.4. The second-order valence-corrected chi connectivity index (χ2v) is 21.1. The molecule has 0 unspecified atom stereocenters. The molecule has 3 aromatic rings. The lowest BCUT2D eigenvalue weighted by Crippen LogP contribution is -2.66. The molecule has 1 aromatic heterocycles. The quantitative estimate of drug-likeness (QED) is 0.128. The molecule has 4 aliphatic rings. The number of carboxylic acid groups (broad SMARTS) is 1. The fourth-order valence-electron chi connectivity index (χ4n) is 9.22. The van der Waals surface area contributed by atoms with Crippen molar-refractivity contribution >= 4 is 44.6 Å². The molecule has 3 N–H and O–H groups in total. The molecule has 4 amide bonds. The summed E-state index contributed by atoms with van der Waals surface area (Å²) < 4.78 is 106. The van der Waals surface area contributed by atoms with Crippen molar-refractivity contribution in [2.75, 3.05) is 13.7 Å². The lowest BCUT2D eigenvalue weighted by atomic mass is 9.85. The van der Waals surface area contributed by atoms with Gasteiger partial charge in [0, 0.05) is 23.3 Å². The predicted molar refractivity (Wildman–Crippen MR) is 238 cm³/mol. The van der Waals surface area contributed by atoms with E-state index in [2.05, 4.69) is 10.0 Å². The number of sulfonamides is 1. The van der Waals surface area contributed by atoms with Crippen molar-refractivity contribution < 1.29 is 64.5 Å². The minimum atomic E-state index is -5.14. The van der Waals surface area contributed by atoms with Gasteiger partial charge in [-0.25, -0.2) is 22.6 Å². The summed E-state index contributed by atoms with van der Waals surface area (Å²) in [5.74, 6) is -5.07. The molecule has 0 spiro atoms. The molecular weight excluding hydrogens is 903 g/mol. The van der Waals surface area contributed by atoms with Crippen LogP contribution in [0.15, 0.2) is 54.6 Å². The van der Waals surface area contributed by atoms with Gasteiger partial charge in [0.05, 0.1) is 30.7 Å². The van der Waals surface area contributed by atoms with Gasteiger partial charge in [0.25, 0.3) is 5.91 Å². The Bertz CT molecular complexity index is 2570. The van der Waals surface area contributed by atoms with Crippen molar-refractivity contribution in [1.29, 1.82) is 0 Å². The Morgan fingerprint density at radius 3 is 2.39 bits per heavy atom. The van der Waals surface area contributed by atoms with Crippen LogP contribution in [0.1, 0.15) is 86.5 Å².